The van der Waals surface area contributed by atoms with Gasteiger partial charge in [-0.3, -0.25) is 0 Å². The van der Waals surface area contributed by atoms with E-state index in [2.05, 4.69) is 282 Å². The molecule has 0 saturated heterocycles. The average Bonchev–Trinajstić information content (AvgIpc) is 3.58. The highest BCUT2D eigenvalue weighted by Crippen LogP contribution is 2.43. The highest BCUT2D eigenvalue weighted by Gasteiger charge is 2.33. The van der Waals surface area contributed by atoms with Gasteiger partial charge in [-0.15, -0.1) is 0 Å². The van der Waals surface area contributed by atoms with E-state index in [1.807, 2.05) is 0 Å². The molecule has 0 heterocycles. The second kappa shape index (κ2) is 20.9. The number of rotatable bonds is 11. The lowest BCUT2D eigenvalue weighted by Gasteiger charge is -2.31. The Bertz CT molecular complexity index is 3580. The van der Waals surface area contributed by atoms with Crippen molar-refractivity contribution in [3.63, 3.8) is 0 Å². The largest absolute Gasteiger partial charge is 0.156 e. The van der Waals surface area contributed by atoms with Gasteiger partial charge in [0.2, 0.25) is 0 Å². The Morgan fingerprint density at radius 1 is 0.312 bits per heavy atom. The minimum atomic E-state index is -1.86. The van der Waals surface area contributed by atoms with Gasteiger partial charge in [0.15, 0.2) is 8.80 Å². The topological polar surface area (TPSA) is 0 Å². The van der Waals surface area contributed by atoms with Crippen molar-refractivity contribution in [2.24, 2.45) is 0 Å². The Morgan fingerprint density at radius 3 is 0.896 bits per heavy atom. The molecule has 1 radical (unpaired) electrons. The van der Waals surface area contributed by atoms with Crippen LogP contribution in [0.2, 0.25) is 0 Å². The van der Waals surface area contributed by atoms with Crippen LogP contribution in [0.15, 0.2) is 206 Å². The second-order valence-electron chi connectivity index (χ2n) is 22.9. The maximum Gasteiger partial charge on any atom is 0.156 e. The van der Waals surface area contributed by atoms with Crippen molar-refractivity contribution in [3.8, 4) is 44.5 Å². The van der Waals surface area contributed by atoms with Crippen LogP contribution in [-0.2, 0) is 18.3 Å². The maximum absolute atomic E-state index is 2.65. The van der Waals surface area contributed by atoms with E-state index in [4.69, 9.17) is 0 Å². The Balaban J connectivity index is 1.33. The molecule has 11 rings (SSSR count). The molecule has 0 aromatic heterocycles. The molecule has 0 amide bonds. The molecule has 11 aromatic rings. The summed E-state index contributed by atoms with van der Waals surface area (Å²) in [5, 5.41) is 9.54. The maximum atomic E-state index is 2.65. The number of hydrogen-bond donors (Lipinski definition) is 0. The molecule has 0 N–H and O–H groups in total. The van der Waals surface area contributed by atoms with Crippen LogP contribution in [0, 0.1) is 55.4 Å². The predicted molar refractivity (Wildman–Crippen MR) is 336 cm³/mol. The zero-order chi connectivity index (χ0) is 53.7. The van der Waals surface area contributed by atoms with Crippen LogP contribution in [0.1, 0.15) is 93.1 Å². The second-order valence-corrected chi connectivity index (χ2v) is 25.3. The van der Waals surface area contributed by atoms with Crippen molar-refractivity contribution >= 4 is 45.9 Å². The predicted octanol–water partition coefficient (Wildman–Crippen LogP) is 18.1. The molecule has 379 valence electrons. The quantitative estimate of drug-likeness (QED) is 0.0895. The zero-order valence-electron chi connectivity index (χ0n) is 47.0. The smallest absolute Gasteiger partial charge is 0.0618 e. The van der Waals surface area contributed by atoms with Gasteiger partial charge in [-0.2, -0.15) is 0 Å². The molecule has 0 nitrogen and oxygen atoms in total. The van der Waals surface area contributed by atoms with Gasteiger partial charge in [0.1, 0.15) is 0 Å². The summed E-state index contributed by atoms with van der Waals surface area (Å²) < 4.78 is 0. The molecule has 0 aliphatic heterocycles. The van der Waals surface area contributed by atoms with Crippen molar-refractivity contribution in [2.75, 3.05) is 0 Å². The summed E-state index contributed by atoms with van der Waals surface area (Å²) in [6.45, 7) is 25.6. The number of benzene rings is 11. The van der Waals surface area contributed by atoms with Crippen molar-refractivity contribution in [2.45, 2.75) is 94.4 Å². The highest BCUT2D eigenvalue weighted by atomic mass is 28.3. The summed E-state index contributed by atoms with van der Waals surface area (Å²) in [6, 6.07) is 79.3. The van der Waals surface area contributed by atoms with Gasteiger partial charge in [-0.25, -0.2) is 0 Å². The average molecular weight is 1010 g/mol. The lowest BCUT2D eigenvalue weighted by atomic mass is 9.79. The summed E-state index contributed by atoms with van der Waals surface area (Å²) in [5.41, 5.74) is 27.8. The molecule has 0 unspecified atom stereocenters. The molecule has 0 atom stereocenters. The van der Waals surface area contributed by atoms with E-state index in [0.717, 1.165) is 12.8 Å². The summed E-state index contributed by atoms with van der Waals surface area (Å²) >= 11 is 0. The van der Waals surface area contributed by atoms with E-state index in [-0.39, 0.29) is 5.41 Å². The SMILES string of the molecule is Cc1cccc(C)c1-c1cccc(-c2c(C)cccc2C)c1Cc1cc(C(C)(C)C)cc(Cc2c(-c3c(C)cccc3C)cccc2-c2c(C)cccc2C)c1[Si](c1cccc2ccccc12)c1cccc2ccccc12. The van der Waals surface area contributed by atoms with Crippen molar-refractivity contribution in [1.82, 2.24) is 0 Å². The van der Waals surface area contributed by atoms with Crippen LogP contribution in [0.3, 0.4) is 0 Å². The minimum Gasteiger partial charge on any atom is -0.0618 e. The van der Waals surface area contributed by atoms with Gasteiger partial charge in [-0.1, -0.05) is 227 Å². The van der Waals surface area contributed by atoms with Crippen LogP contribution >= 0.6 is 0 Å². The first-order valence-corrected chi connectivity index (χ1v) is 29.2. The van der Waals surface area contributed by atoms with Crippen LogP contribution in [0.5, 0.6) is 0 Å². The monoisotopic (exact) mass is 1010 g/mol. The Kier molecular flexibility index (Phi) is 13.9. The number of hydrogen-bond acceptors (Lipinski definition) is 0. The fourth-order valence-electron chi connectivity index (χ4n) is 12.9. The zero-order valence-corrected chi connectivity index (χ0v) is 48.0. The normalized spacial score (nSPS) is 11.8. The van der Waals surface area contributed by atoms with Crippen molar-refractivity contribution in [1.29, 1.82) is 0 Å². The summed E-state index contributed by atoms with van der Waals surface area (Å²) in [6.07, 6.45) is 1.51. The van der Waals surface area contributed by atoms with E-state index in [1.165, 1.54) is 154 Å². The minimum absolute atomic E-state index is 0.156. The van der Waals surface area contributed by atoms with Gasteiger partial charge in [0.25, 0.3) is 0 Å². The Hall–Kier alpha value is -7.84. The third kappa shape index (κ3) is 9.61. The number of fused-ring (bicyclic) bond motifs is 2. The van der Waals surface area contributed by atoms with E-state index >= 15 is 0 Å². The Morgan fingerprint density at radius 2 is 0.584 bits per heavy atom. The van der Waals surface area contributed by atoms with Crippen molar-refractivity contribution < 1.29 is 0 Å². The molecular weight excluding hydrogens is 941 g/mol. The fraction of sp³-hybridized carbons (Fsp3) is 0.184. The Labute approximate surface area is 460 Å². The van der Waals surface area contributed by atoms with Crippen molar-refractivity contribution in [3.05, 3.63) is 279 Å². The molecule has 0 bridgehead atoms. The summed E-state index contributed by atoms with van der Waals surface area (Å²) in [4.78, 5) is 0. The molecule has 0 fully saturated rings. The first-order valence-electron chi connectivity index (χ1n) is 27.7. The molecule has 1 heteroatoms. The van der Waals surface area contributed by atoms with E-state index in [9.17, 15) is 0 Å². The van der Waals surface area contributed by atoms with E-state index in [1.54, 1.807) is 0 Å². The summed E-state index contributed by atoms with van der Waals surface area (Å²) in [7, 11) is -1.86. The third-order valence-corrected chi connectivity index (χ3v) is 19.7. The van der Waals surface area contributed by atoms with Gasteiger partial charge >= 0.3 is 0 Å². The third-order valence-electron chi connectivity index (χ3n) is 16.6. The summed E-state index contributed by atoms with van der Waals surface area (Å²) in [5.74, 6) is 0. The van der Waals surface area contributed by atoms with Crippen LogP contribution in [0.25, 0.3) is 66.1 Å². The molecular formula is C76H71Si. The van der Waals surface area contributed by atoms with E-state index < -0.39 is 8.80 Å². The lowest BCUT2D eigenvalue weighted by Crippen LogP contribution is -2.55. The molecule has 77 heavy (non-hydrogen) atoms. The molecule has 0 aliphatic carbocycles. The van der Waals surface area contributed by atoms with Gasteiger partial charge in [0, 0.05) is 0 Å². The van der Waals surface area contributed by atoms with Crippen LogP contribution in [0.4, 0.5) is 0 Å². The molecule has 11 aromatic carbocycles. The first kappa shape index (κ1) is 51.3. The molecule has 0 spiro atoms. The first-order chi connectivity index (χ1) is 37.2. The lowest BCUT2D eigenvalue weighted by molar-refractivity contribution is 0.589. The highest BCUT2D eigenvalue weighted by molar-refractivity contribution is 6.98. The fourth-order valence-corrected chi connectivity index (χ4v) is 16.2. The standard InChI is InChI=1S/C76H71Si/c1-48-24-16-25-49(2)71(48)63-38-22-39-64(72-50(3)26-17-27-51(72)4)67(63)46-58-44-60(76(9,10)11)45-59(47-68-65(73-52(5)28-18-29-53(73)6)40-23-41-66(68)74-54(7)30-19-31-55(74)8)75(58)77(69-42-20-34-56-32-12-14-36-61(56)69)70-43-21-35-57-33-13-15-37-62(57)70/h12-45H,46-47H2,1-11H3. The van der Waals surface area contributed by atoms with Crippen LogP contribution < -0.4 is 15.6 Å². The van der Waals surface area contributed by atoms with Gasteiger partial charge in [0.05, 0.1) is 0 Å². The molecule has 0 aliphatic rings. The van der Waals surface area contributed by atoms with Gasteiger partial charge in [-0.05, 0) is 228 Å². The van der Waals surface area contributed by atoms with E-state index in [0.29, 0.717) is 0 Å². The van der Waals surface area contributed by atoms with Gasteiger partial charge < -0.3 is 0 Å². The number of aryl methyl sites for hydroxylation is 8. The van der Waals surface area contributed by atoms with Crippen LogP contribution in [-0.4, -0.2) is 8.80 Å². The molecule has 0 saturated carbocycles.